The molecule has 0 saturated carbocycles. The maximum Gasteiger partial charge on any atom is 0.269 e. The Morgan fingerprint density at radius 2 is 1.75 bits per heavy atom. The Balaban J connectivity index is 1.73. The van der Waals surface area contributed by atoms with Gasteiger partial charge in [-0.2, -0.15) is 0 Å². The predicted octanol–water partition coefficient (Wildman–Crippen LogP) is 3.49. The van der Waals surface area contributed by atoms with Crippen LogP contribution in [-0.4, -0.2) is 48.3 Å². The average Bonchev–Trinajstić information content (AvgIpc) is 3.09. The lowest BCUT2D eigenvalue weighted by Gasteiger charge is -2.29. The maximum atomic E-state index is 13.0. The number of non-ortho nitro benzene ring substituents is 1. The first kappa shape index (κ1) is 23.7. The Morgan fingerprint density at radius 3 is 2.25 bits per heavy atom. The smallest absolute Gasteiger partial charge is 0.269 e. The molecule has 9 heteroatoms. The van der Waals surface area contributed by atoms with Crippen molar-refractivity contribution in [3.8, 4) is 5.75 Å². The lowest BCUT2D eigenvalue weighted by molar-refractivity contribution is -0.384. The van der Waals surface area contributed by atoms with Gasteiger partial charge in [0.15, 0.2) is 16.4 Å². The minimum Gasteiger partial charge on any atom is -0.484 e. The van der Waals surface area contributed by atoms with Gasteiger partial charge in [-0.25, -0.2) is 8.42 Å². The Bertz CT molecular complexity index is 1070. The van der Waals surface area contributed by atoms with Gasteiger partial charge in [0, 0.05) is 24.7 Å². The highest BCUT2D eigenvalue weighted by atomic mass is 32.2. The first-order chi connectivity index (χ1) is 14.9. The van der Waals surface area contributed by atoms with Crippen LogP contribution >= 0.6 is 0 Å². The molecule has 1 heterocycles. The van der Waals surface area contributed by atoms with Gasteiger partial charge < -0.3 is 9.64 Å². The van der Waals surface area contributed by atoms with E-state index >= 15 is 0 Å². The number of hydrogen-bond acceptors (Lipinski definition) is 6. The number of ether oxygens (including phenoxy) is 1. The highest BCUT2D eigenvalue weighted by Gasteiger charge is 2.35. The molecule has 172 valence electrons. The highest BCUT2D eigenvalue weighted by molar-refractivity contribution is 7.91. The van der Waals surface area contributed by atoms with E-state index in [0.29, 0.717) is 12.2 Å². The van der Waals surface area contributed by atoms with Gasteiger partial charge in [-0.05, 0) is 35.1 Å². The molecule has 2 aromatic rings. The van der Waals surface area contributed by atoms with Crippen LogP contribution in [0.15, 0.2) is 48.5 Å². The van der Waals surface area contributed by atoms with Crippen molar-refractivity contribution in [2.75, 3.05) is 18.1 Å². The van der Waals surface area contributed by atoms with Gasteiger partial charge in [-0.15, -0.1) is 0 Å². The zero-order valence-electron chi connectivity index (χ0n) is 18.5. The summed E-state index contributed by atoms with van der Waals surface area (Å²) in [4.78, 5) is 24.8. The van der Waals surface area contributed by atoms with Crippen LogP contribution in [0.1, 0.15) is 38.3 Å². The molecule has 1 atom stereocenters. The molecule has 2 aromatic carbocycles. The number of amides is 1. The van der Waals surface area contributed by atoms with Crippen LogP contribution in [0, 0.1) is 10.1 Å². The van der Waals surface area contributed by atoms with E-state index in [4.69, 9.17) is 4.74 Å². The van der Waals surface area contributed by atoms with E-state index < -0.39 is 20.8 Å². The minimum atomic E-state index is -3.17. The predicted molar refractivity (Wildman–Crippen MR) is 121 cm³/mol. The fraction of sp³-hybridized carbons (Fsp3) is 0.435. The number of sulfone groups is 1. The lowest BCUT2D eigenvalue weighted by Crippen LogP contribution is -2.43. The molecule has 0 aliphatic carbocycles. The first-order valence-corrected chi connectivity index (χ1v) is 12.2. The van der Waals surface area contributed by atoms with Gasteiger partial charge in [-0.1, -0.05) is 45.0 Å². The van der Waals surface area contributed by atoms with Crippen LogP contribution in [0.4, 0.5) is 5.69 Å². The normalized spacial score (nSPS) is 17.7. The second-order valence-electron chi connectivity index (χ2n) is 9.07. The number of rotatable bonds is 7. The molecular formula is C23H28N2O6S. The summed E-state index contributed by atoms with van der Waals surface area (Å²) >= 11 is 0. The zero-order chi connectivity index (χ0) is 23.5. The van der Waals surface area contributed by atoms with Gasteiger partial charge in [0.2, 0.25) is 0 Å². The summed E-state index contributed by atoms with van der Waals surface area (Å²) in [6.07, 6.45) is 0.395. The van der Waals surface area contributed by atoms with E-state index in [1.807, 2.05) is 24.3 Å². The fourth-order valence-corrected chi connectivity index (χ4v) is 5.37. The standard InChI is InChI=1S/C23H28N2O6S/c1-23(2,3)18-6-4-17(5-7-18)14-24(20-12-13-32(29,30)16-20)22(26)15-31-21-10-8-19(9-11-21)25(27)28/h4-11,20H,12-16H2,1-3H3/t20-/m0/s1. The molecule has 0 spiro atoms. The molecule has 1 amide bonds. The van der Waals surface area contributed by atoms with E-state index in [9.17, 15) is 23.3 Å². The van der Waals surface area contributed by atoms with Crippen molar-refractivity contribution in [2.45, 2.75) is 45.2 Å². The fourth-order valence-electron chi connectivity index (χ4n) is 3.64. The van der Waals surface area contributed by atoms with Crippen LogP contribution in [-0.2, 0) is 26.6 Å². The van der Waals surface area contributed by atoms with E-state index in [1.54, 1.807) is 4.90 Å². The van der Waals surface area contributed by atoms with Gasteiger partial charge in [-0.3, -0.25) is 14.9 Å². The Hall–Kier alpha value is -2.94. The molecule has 0 unspecified atom stereocenters. The molecule has 1 aliphatic heterocycles. The monoisotopic (exact) mass is 460 g/mol. The molecule has 1 fully saturated rings. The van der Waals surface area contributed by atoms with Crippen molar-refractivity contribution in [3.05, 3.63) is 69.8 Å². The van der Waals surface area contributed by atoms with E-state index in [2.05, 4.69) is 20.8 Å². The maximum absolute atomic E-state index is 13.0. The first-order valence-electron chi connectivity index (χ1n) is 10.4. The van der Waals surface area contributed by atoms with E-state index in [1.165, 1.54) is 29.8 Å². The topological polar surface area (TPSA) is 107 Å². The van der Waals surface area contributed by atoms with Gasteiger partial charge >= 0.3 is 0 Å². The van der Waals surface area contributed by atoms with Crippen LogP contribution in [0.2, 0.25) is 0 Å². The molecule has 0 aromatic heterocycles. The molecular weight excluding hydrogens is 432 g/mol. The van der Waals surface area contributed by atoms with Gasteiger partial charge in [0.25, 0.3) is 11.6 Å². The summed E-state index contributed by atoms with van der Waals surface area (Å²) in [5.74, 6) is 0.00655. The van der Waals surface area contributed by atoms with Crippen molar-refractivity contribution in [1.82, 2.24) is 4.90 Å². The molecule has 0 N–H and O–H groups in total. The number of nitro groups is 1. The number of nitro benzene ring substituents is 1. The number of carbonyl (C=O) groups excluding carboxylic acids is 1. The van der Waals surface area contributed by atoms with Gasteiger partial charge in [0.05, 0.1) is 16.4 Å². The van der Waals surface area contributed by atoms with Crippen molar-refractivity contribution >= 4 is 21.4 Å². The molecule has 3 rings (SSSR count). The highest BCUT2D eigenvalue weighted by Crippen LogP contribution is 2.25. The number of benzene rings is 2. The Morgan fingerprint density at radius 1 is 1.12 bits per heavy atom. The van der Waals surface area contributed by atoms with Crippen LogP contribution < -0.4 is 4.74 Å². The van der Waals surface area contributed by atoms with Crippen LogP contribution in [0.3, 0.4) is 0 Å². The van der Waals surface area contributed by atoms with Crippen LogP contribution in [0.5, 0.6) is 5.75 Å². The largest absolute Gasteiger partial charge is 0.484 e. The summed E-state index contributed by atoms with van der Waals surface area (Å²) in [6, 6.07) is 13.0. The average molecular weight is 461 g/mol. The van der Waals surface area contributed by atoms with Crippen molar-refractivity contribution in [1.29, 1.82) is 0 Å². The quantitative estimate of drug-likeness (QED) is 0.462. The number of carbonyl (C=O) groups is 1. The third-order valence-corrected chi connectivity index (χ3v) is 7.30. The van der Waals surface area contributed by atoms with Crippen molar-refractivity contribution in [2.24, 2.45) is 0 Å². The van der Waals surface area contributed by atoms with E-state index in [-0.39, 0.29) is 41.7 Å². The molecule has 1 saturated heterocycles. The third kappa shape index (κ3) is 6.06. The summed E-state index contributed by atoms with van der Waals surface area (Å²) < 4.78 is 29.6. The van der Waals surface area contributed by atoms with Crippen LogP contribution in [0.25, 0.3) is 0 Å². The molecule has 32 heavy (non-hydrogen) atoms. The molecule has 0 bridgehead atoms. The SMILES string of the molecule is CC(C)(C)c1ccc(CN(C(=O)COc2ccc([N+](=O)[O-])cc2)[C@H]2CCS(=O)(=O)C2)cc1. The summed E-state index contributed by atoms with van der Waals surface area (Å²) in [5.41, 5.74) is 2.02. The summed E-state index contributed by atoms with van der Waals surface area (Å²) in [7, 11) is -3.17. The second-order valence-corrected chi connectivity index (χ2v) is 11.3. The molecule has 1 aliphatic rings. The number of nitrogens with zero attached hydrogens (tertiary/aromatic N) is 2. The summed E-state index contributed by atoms with van der Waals surface area (Å²) in [5, 5.41) is 10.8. The van der Waals surface area contributed by atoms with Gasteiger partial charge in [0.1, 0.15) is 5.75 Å². The minimum absolute atomic E-state index is 0.00612. The Kier molecular flexibility index (Phi) is 6.88. The second kappa shape index (κ2) is 9.28. The third-order valence-electron chi connectivity index (χ3n) is 5.55. The van der Waals surface area contributed by atoms with E-state index in [0.717, 1.165) is 5.56 Å². The molecule has 8 nitrogen and oxygen atoms in total. The Labute approximate surface area is 188 Å². The summed E-state index contributed by atoms with van der Waals surface area (Å²) in [6.45, 7) is 6.37. The zero-order valence-corrected chi connectivity index (χ0v) is 19.3. The molecule has 0 radical (unpaired) electrons. The van der Waals surface area contributed by atoms with Crippen molar-refractivity contribution < 1.29 is 22.9 Å². The number of hydrogen-bond donors (Lipinski definition) is 0. The lowest BCUT2D eigenvalue weighted by atomic mass is 9.86. The van der Waals surface area contributed by atoms with Crippen molar-refractivity contribution in [3.63, 3.8) is 0 Å².